The largest absolute Gasteiger partial charge is 0.497 e. The minimum atomic E-state index is -1.11. The Morgan fingerprint density at radius 1 is 1.58 bits per heavy atom. The van der Waals surface area contributed by atoms with E-state index in [0.717, 1.165) is 0 Å². The zero-order valence-electron chi connectivity index (χ0n) is 10.4. The van der Waals surface area contributed by atoms with E-state index in [1.165, 1.54) is 18.1 Å². The van der Waals surface area contributed by atoms with E-state index in [0.29, 0.717) is 18.0 Å². The van der Waals surface area contributed by atoms with Crippen LogP contribution in [0.1, 0.15) is 16.8 Å². The summed E-state index contributed by atoms with van der Waals surface area (Å²) >= 11 is 0. The predicted octanol–water partition coefficient (Wildman–Crippen LogP) is 1.38. The van der Waals surface area contributed by atoms with Crippen LogP contribution >= 0.6 is 0 Å². The van der Waals surface area contributed by atoms with Gasteiger partial charge in [0.05, 0.1) is 18.4 Å². The second-order valence-corrected chi connectivity index (χ2v) is 4.26. The smallest absolute Gasteiger partial charge is 0.337 e. The average molecular weight is 259 g/mol. The Morgan fingerprint density at radius 2 is 2.32 bits per heavy atom. The van der Waals surface area contributed by atoms with E-state index in [9.17, 15) is 14.7 Å². The predicted molar refractivity (Wildman–Crippen MR) is 69.2 cm³/mol. The fourth-order valence-electron chi connectivity index (χ4n) is 2.10. The number of anilines is 1. The summed E-state index contributed by atoms with van der Waals surface area (Å²) < 4.78 is 4.99. The van der Waals surface area contributed by atoms with Crippen LogP contribution in [0, 0.1) is 18.3 Å². The second-order valence-electron chi connectivity index (χ2n) is 4.26. The molecule has 1 heterocycles. The van der Waals surface area contributed by atoms with Crippen LogP contribution in [0.5, 0.6) is 5.75 Å². The van der Waals surface area contributed by atoms with Crippen LogP contribution in [0.4, 0.5) is 5.69 Å². The fourth-order valence-corrected chi connectivity index (χ4v) is 2.10. The molecule has 1 aliphatic rings. The summed E-state index contributed by atoms with van der Waals surface area (Å²) in [6, 6.07) is 4.59. The molecule has 2 rings (SSSR count). The molecule has 0 aliphatic carbocycles. The lowest BCUT2D eigenvalue weighted by atomic mass is 10.1. The first-order valence-electron chi connectivity index (χ1n) is 5.74. The number of amides is 1. The number of ether oxygens (including phenoxy) is 1. The number of aromatic carboxylic acids is 1. The number of carboxylic acid groups (broad SMARTS) is 1. The first kappa shape index (κ1) is 13.0. The summed E-state index contributed by atoms with van der Waals surface area (Å²) in [5.74, 6) is 1.53. The Hall–Kier alpha value is -2.48. The second kappa shape index (κ2) is 5.02. The molecule has 5 heteroatoms. The number of hydrogen-bond acceptors (Lipinski definition) is 3. The molecule has 5 nitrogen and oxygen atoms in total. The van der Waals surface area contributed by atoms with Gasteiger partial charge in [0.15, 0.2) is 0 Å². The molecule has 1 unspecified atom stereocenters. The Morgan fingerprint density at radius 3 is 2.84 bits per heavy atom. The quantitative estimate of drug-likeness (QED) is 0.833. The van der Waals surface area contributed by atoms with Crippen LogP contribution in [-0.4, -0.2) is 30.6 Å². The maximum Gasteiger partial charge on any atom is 0.337 e. The SMILES string of the molecule is C#CC1CC(=O)N(c2ccc(OC)cc2C(=O)O)C1. The average Bonchev–Trinajstić information content (AvgIpc) is 2.79. The van der Waals surface area contributed by atoms with Crippen molar-refractivity contribution in [1.29, 1.82) is 0 Å². The number of carbonyl (C=O) groups is 2. The van der Waals surface area contributed by atoms with Crippen LogP contribution in [0.2, 0.25) is 0 Å². The highest BCUT2D eigenvalue weighted by Gasteiger charge is 2.31. The lowest BCUT2D eigenvalue weighted by Gasteiger charge is -2.18. The Labute approximate surface area is 110 Å². The van der Waals surface area contributed by atoms with Gasteiger partial charge in [-0.2, -0.15) is 0 Å². The van der Waals surface area contributed by atoms with Gasteiger partial charge in [0.2, 0.25) is 5.91 Å². The maximum atomic E-state index is 11.9. The van der Waals surface area contributed by atoms with Gasteiger partial charge in [0.25, 0.3) is 0 Å². The van der Waals surface area contributed by atoms with E-state index in [2.05, 4.69) is 5.92 Å². The third-order valence-corrected chi connectivity index (χ3v) is 3.09. The number of methoxy groups -OCH3 is 1. The van der Waals surface area contributed by atoms with Gasteiger partial charge in [-0.1, -0.05) is 0 Å². The third kappa shape index (κ3) is 2.38. The molecule has 1 saturated heterocycles. The van der Waals surface area contributed by atoms with Crippen molar-refractivity contribution in [1.82, 2.24) is 0 Å². The molecular formula is C14H13NO4. The molecule has 0 aromatic heterocycles. The van der Waals surface area contributed by atoms with Gasteiger partial charge < -0.3 is 14.7 Å². The van der Waals surface area contributed by atoms with E-state index in [4.69, 9.17) is 11.2 Å². The van der Waals surface area contributed by atoms with Crippen molar-refractivity contribution in [3.05, 3.63) is 23.8 Å². The Bertz CT molecular complexity index is 573. The maximum absolute atomic E-state index is 11.9. The molecule has 1 fully saturated rings. The highest BCUT2D eigenvalue weighted by atomic mass is 16.5. The summed E-state index contributed by atoms with van der Waals surface area (Å²) in [7, 11) is 1.45. The Balaban J connectivity index is 2.43. The van der Waals surface area contributed by atoms with Gasteiger partial charge in [0, 0.05) is 18.9 Å². The van der Waals surface area contributed by atoms with E-state index in [-0.39, 0.29) is 23.8 Å². The fraction of sp³-hybridized carbons (Fsp3) is 0.286. The van der Waals surface area contributed by atoms with Crippen molar-refractivity contribution in [2.45, 2.75) is 6.42 Å². The van der Waals surface area contributed by atoms with Crippen molar-refractivity contribution in [2.24, 2.45) is 5.92 Å². The van der Waals surface area contributed by atoms with Gasteiger partial charge in [-0.25, -0.2) is 4.79 Å². The first-order valence-corrected chi connectivity index (χ1v) is 5.74. The molecule has 1 N–H and O–H groups in total. The third-order valence-electron chi connectivity index (χ3n) is 3.09. The van der Waals surface area contributed by atoms with Crippen LogP contribution < -0.4 is 9.64 Å². The van der Waals surface area contributed by atoms with Crippen molar-refractivity contribution in [3.63, 3.8) is 0 Å². The number of benzene rings is 1. The molecule has 0 radical (unpaired) electrons. The highest BCUT2D eigenvalue weighted by molar-refractivity contribution is 6.03. The summed E-state index contributed by atoms with van der Waals surface area (Å²) in [6.07, 6.45) is 5.57. The zero-order valence-corrected chi connectivity index (χ0v) is 10.4. The molecular weight excluding hydrogens is 246 g/mol. The number of terminal acetylenes is 1. The standard InChI is InChI=1S/C14H13NO4/c1-3-9-6-13(16)15(8-9)12-5-4-10(19-2)7-11(12)14(17)18/h1,4-5,7,9H,6,8H2,2H3,(H,17,18). The van der Waals surface area contributed by atoms with E-state index < -0.39 is 5.97 Å². The molecule has 1 aromatic carbocycles. The van der Waals surface area contributed by atoms with E-state index in [1.807, 2.05) is 0 Å². The normalized spacial score (nSPS) is 18.2. The van der Waals surface area contributed by atoms with Crippen molar-refractivity contribution in [2.75, 3.05) is 18.6 Å². The molecule has 1 aromatic rings. The zero-order chi connectivity index (χ0) is 14.0. The minimum Gasteiger partial charge on any atom is -0.497 e. The number of carboxylic acids is 1. The van der Waals surface area contributed by atoms with Crippen LogP contribution in [0.25, 0.3) is 0 Å². The molecule has 1 aliphatic heterocycles. The van der Waals surface area contributed by atoms with Gasteiger partial charge in [-0.05, 0) is 18.2 Å². The van der Waals surface area contributed by atoms with E-state index in [1.54, 1.807) is 12.1 Å². The van der Waals surface area contributed by atoms with Crippen LogP contribution in [0.3, 0.4) is 0 Å². The molecule has 0 bridgehead atoms. The summed E-state index contributed by atoms with van der Waals surface area (Å²) in [6.45, 7) is 0.349. The number of carbonyl (C=O) groups excluding carboxylic acids is 1. The molecule has 98 valence electrons. The molecule has 0 spiro atoms. The summed E-state index contributed by atoms with van der Waals surface area (Å²) in [5, 5.41) is 9.22. The van der Waals surface area contributed by atoms with Crippen molar-refractivity contribution >= 4 is 17.6 Å². The van der Waals surface area contributed by atoms with Gasteiger partial charge in [-0.15, -0.1) is 12.3 Å². The molecule has 1 atom stereocenters. The summed E-state index contributed by atoms with van der Waals surface area (Å²) in [5.41, 5.74) is 0.390. The first-order chi connectivity index (χ1) is 9.06. The van der Waals surface area contributed by atoms with Crippen LogP contribution in [-0.2, 0) is 4.79 Å². The minimum absolute atomic E-state index is 0.0328. The van der Waals surface area contributed by atoms with Crippen molar-refractivity contribution < 1.29 is 19.4 Å². The van der Waals surface area contributed by atoms with Gasteiger partial charge >= 0.3 is 5.97 Å². The van der Waals surface area contributed by atoms with Crippen LogP contribution in [0.15, 0.2) is 18.2 Å². The monoisotopic (exact) mass is 259 g/mol. The lowest BCUT2D eigenvalue weighted by Crippen LogP contribution is -2.26. The van der Waals surface area contributed by atoms with Gasteiger partial charge in [0.1, 0.15) is 5.75 Å². The summed E-state index contributed by atoms with van der Waals surface area (Å²) in [4.78, 5) is 24.6. The number of hydrogen-bond donors (Lipinski definition) is 1. The lowest BCUT2D eigenvalue weighted by molar-refractivity contribution is -0.117. The topological polar surface area (TPSA) is 66.8 Å². The Kier molecular flexibility index (Phi) is 3.43. The highest BCUT2D eigenvalue weighted by Crippen LogP contribution is 2.30. The van der Waals surface area contributed by atoms with Gasteiger partial charge in [-0.3, -0.25) is 4.79 Å². The van der Waals surface area contributed by atoms with Crippen molar-refractivity contribution in [3.8, 4) is 18.1 Å². The molecule has 19 heavy (non-hydrogen) atoms. The number of rotatable bonds is 3. The molecule has 0 saturated carbocycles. The number of nitrogens with zero attached hydrogens (tertiary/aromatic N) is 1. The molecule has 1 amide bonds. The van der Waals surface area contributed by atoms with E-state index >= 15 is 0 Å².